The zero-order valence-corrected chi connectivity index (χ0v) is 53.8. The molecular weight excluding hydrogens is 1170 g/mol. The van der Waals surface area contributed by atoms with Crippen molar-refractivity contribution in [3.8, 4) is 78.1 Å². The summed E-state index contributed by atoms with van der Waals surface area (Å²) < 4.78 is 26.9. The molecule has 91 heavy (non-hydrogen) atoms. The van der Waals surface area contributed by atoms with Gasteiger partial charge in [-0.15, -0.1) is 25.7 Å². The van der Waals surface area contributed by atoms with E-state index in [1.165, 1.54) is 27.2 Å². The normalized spacial score (nSPS) is 13.2. The van der Waals surface area contributed by atoms with Crippen molar-refractivity contribution in [1.29, 1.82) is 0 Å². The minimum Gasteiger partial charge on any atom is -0.495 e. The van der Waals surface area contributed by atoms with Crippen LogP contribution in [0.1, 0.15) is 75.6 Å². The predicted molar refractivity (Wildman–Crippen MR) is 365 cm³/mol. The highest BCUT2D eigenvalue weighted by Crippen LogP contribution is 2.35. The van der Waals surface area contributed by atoms with E-state index in [1.807, 2.05) is 100 Å². The highest BCUT2D eigenvalue weighted by Gasteiger charge is 2.25. The van der Waals surface area contributed by atoms with Crippen LogP contribution in [0.15, 0.2) is 121 Å². The molecule has 0 spiro atoms. The van der Waals surface area contributed by atoms with Crippen LogP contribution in [0.2, 0.25) is 5.02 Å². The second-order valence-electron chi connectivity index (χ2n) is 22.5. The Balaban J connectivity index is 0.000000173. The first-order valence-corrected chi connectivity index (χ1v) is 30.8. The maximum Gasteiger partial charge on any atom is 0.417 e. The number of carbonyl (C=O) groups excluding carboxylic acids is 4. The lowest BCUT2D eigenvalue weighted by molar-refractivity contribution is 0.122. The number of para-hydroxylation sites is 2. The average Bonchev–Trinajstić information content (AvgIpc) is 1.02. The summed E-state index contributed by atoms with van der Waals surface area (Å²) in [6, 6.07) is 37.1. The molecule has 0 radical (unpaired) electrons. The van der Waals surface area contributed by atoms with E-state index in [0.717, 1.165) is 100 Å². The number of carbonyl (C=O) groups is 4. The molecule has 0 saturated heterocycles. The number of benzene rings is 6. The summed E-state index contributed by atoms with van der Waals surface area (Å²) >= 11 is 5.82. The topological polar surface area (TPSA) is 158 Å². The van der Waals surface area contributed by atoms with Gasteiger partial charge in [0.1, 0.15) is 28.7 Å². The number of rotatable bonds is 13. The number of fused-ring (bicyclic) bond motifs is 4. The van der Waals surface area contributed by atoms with E-state index in [4.69, 9.17) is 61.0 Å². The van der Waals surface area contributed by atoms with Crippen molar-refractivity contribution >= 4 is 70.1 Å². The first-order chi connectivity index (χ1) is 43.9. The number of nitrogens with one attached hydrogen (secondary N) is 2. The maximum absolute atomic E-state index is 12.4. The number of hydrogen-bond acceptors (Lipinski definition) is 13. The molecule has 0 bridgehead atoms. The molecule has 474 valence electrons. The number of nitrogens with zero attached hydrogens (tertiary/aromatic N) is 6. The lowest BCUT2D eigenvalue weighted by Crippen LogP contribution is -2.43. The van der Waals surface area contributed by atoms with Gasteiger partial charge in [0.05, 0.1) is 39.0 Å². The molecule has 0 saturated carbocycles. The van der Waals surface area contributed by atoms with E-state index < -0.39 is 12.2 Å². The van der Waals surface area contributed by atoms with Crippen molar-refractivity contribution in [2.45, 2.75) is 91.1 Å². The van der Waals surface area contributed by atoms with Crippen LogP contribution in [-0.4, -0.2) is 120 Å². The van der Waals surface area contributed by atoms with Crippen LogP contribution in [0.3, 0.4) is 0 Å². The van der Waals surface area contributed by atoms with Crippen molar-refractivity contribution in [1.82, 2.24) is 9.80 Å². The third kappa shape index (κ3) is 19.7. The summed E-state index contributed by atoms with van der Waals surface area (Å²) in [7, 11) is 4.87. The van der Waals surface area contributed by atoms with Crippen molar-refractivity contribution in [2.24, 2.45) is 0 Å². The Morgan fingerprint density at radius 2 is 0.846 bits per heavy atom. The van der Waals surface area contributed by atoms with Gasteiger partial charge in [-0.25, -0.2) is 19.2 Å². The van der Waals surface area contributed by atoms with Gasteiger partial charge in [-0.3, -0.25) is 10.6 Å². The molecule has 4 aliphatic rings. The molecule has 0 aromatic heterocycles. The van der Waals surface area contributed by atoms with Gasteiger partial charge in [0.15, 0.2) is 0 Å². The van der Waals surface area contributed by atoms with Gasteiger partial charge >= 0.3 is 24.4 Å². The summed E-state index contributed by atoms with van der Waals surface area (Å²) in [4.78, 5) is 59.9. The van der Waals surface area contributed by atoms with Crippen molar-refractivity contribution < 1.29 is 42.9 Å². The summed E-state index contributed by atoms with van der Waals surface area (Å²) in [5.74, 6) is 13.4. The SMILES string of the molecule is C#CCN1CCCc2ccc(OC(=O)N(C(C)C)C(C)C)cc21.C#CCN1CCCc2ccc(OC(=O)N(C)C)cc21.C#CCN1CCCc2ccc(OC(=O)Nc3ccc(Cl)cc3)cc21.C#CCN1CCCc2ccc(OC(=O)Nc3ccccc3OC)cc21. The Labute approximate surface area is 541 Å². The minimum absolute atomic E-state index is 0.0954. The Morgan fingerprint density at radius 1 is 0.495 bits per heavy atom. The molecule has 0 unspecified atom stereocenters. The molecule has 4 heterocycles. The molecule has 17 nitrogen and oxygen atoms in total. The fourth-order valence-electron chi connectivity index (χ4n) is 11.0. The van der Waals surface area contributed by atoms with Crippen molar-refractivity contribution in [3.63, 3.8) is 0 Å². The van der Waals surface area contributed by atoms with Gasteiger partial charge in [-0.1, -0.05) is 71.7 Å². The van der Waals surface area contributed by atoms with Gasteiger partial charge in [0, 0.05) is 110 Å². The molecule has 18 heteroatoms. The third-order valence-electron chi connectivity index (χ3n) is 15.2. The van der Waals surface area contributed by atoms with E-state index in [-0.39, 0.29) is 24.3 Å². The van der Waals surface area contributed by atoms with Gasteiger partial charge in [0.25, 0.3) is 0 Å². The predicted octanol–water partition coefficient (Wildman–Crippen LogP) is 13.9. The van der Waals surface area contributed by atoms with E-state index in [1.54, 1.807) is 74.6 Å². The fraction of sp³-hybridized carbons (Fsp3) is 0.342. The summed E-state index contributed by atoms with van der Waals surface area (Å²) in [6.45, 7) is 13.9. The first-order valence-electron chi connectivity index (χ1n) is 30.4. The van der Waals surface area contributed by atoms with E-state index in [0.29, 0.717) is 71.3 Å². The number of anilines is 6. The van der Waals surface area contributed by atoms with Crippen LogP contribution >= 0.6 is 11.6 Å². The second-order valence-corrected chi connectivity index (χ2v) is 23.0. The van der Waals surface area contributed by atoms with Gasteiger partial charge < -0.3 is 53.1 Å². The van der Waals surface area contributed by atoms with E-state index >= 15 is 0 Å². The van der Waals surface area contributed by atoms with Crippen LogP contribution in [0.4, 0.5) is 53.3 Å². The highest BCUT2D eigenvalue weighted by molar-refractivity contribution is 6.30. The number of amides is 4. The standard InChI is InChI=1S/C20H20N2O3.C19H17ClN2O2.C19H26N2O2.C15H18N2O2/c1-3-12-22-13-6-7-15-10-11-16(14-18(15)22)25-20(23)21-17-8-4-5-9-19(17)24-2;1-2-11-22-12-3-4-14-5-10-17(13-18(14)22)24-19(23)21-16-8-6-15(20)7-9-16;1-6-11-20-12-7-8-16-9-10-17(13-18(16)20)23-19(22)21(14(2)3)15(4)5;1-4-9-17-10-5-6-12-7-8-13(11-14(12)17)19-15(18)16(2)3/h1,4-5,8-11,14H,6-7,12-13H2,2H3,(H,21,23);1,5-10,13H,3-4,11-12H2,(H,21,23);1,9-10,13-15H,7-8,11-12H2,2-5H3;1,7-8,11H,5-6,9-10H2,2-3H3. The molecule has 6 aromatic rings. The smallest absolute Gasteiger partial charge is 0.417 e. The highest BCUT2D eigenvalue weighted by atomic mass is 35.5. The van der Waals surface area contributed by atoms with E-state index in [9.17, 15) is 19.2 Å². The lowest BCUT2D eigenvalue weighted by Gasteiger charge is -2.31. The molecular formula is C73H81ClN8O9. The number of ether oxygens (including phenoxy) is 5. The maximum atomic E-state index is 12.4. The second kappa shape index (κ2) is 34.1. The summed E-state index contributed by atoms with van der Waals surface area (Å²) in [5, 5.41) is 5.97. The number of methoxy groups -OCH3 is 1. The lowest BCUT2D eigenvalue weighted by atomic mass is 10.0. The van der Waals surface area contributed by atoms with Gasteiger partial charge in [0.2, 0.25) is 0 Å². The number of aryl methyl sites for hydroxylation is 4. The van der Waals surface area contributed by atoms with Crippen molar-refractivity contribution in [2.75, 3.05) is 104 Å². The molecule has 4 aliphatic heterocycles. The average molecular weight is 1250 g/mol. The Morgan fingerprint density at radius 3 is 1.20 bits per heavy atom. The monoisotopic (exact) mass is 1250 g/mol. The molecule has 6 aromatic carbocycles. The minimum atomic E-state index is -0.566. The zero-order valence-electron chi connectivity index (χ0n) is 53.1. The third-order valence-corrected chi connectivity index (χ3v) is 15.4. The molecule has 10 rings (SSSR count). The Bertz CT molecular complexity index is 3650. The largest absolute Gasteiger partial charge is 0.495 e. The fourth-order valence-corrected chi connectivity index (χ4v) is 11.1. The van der Waals surface area contributed by atoms with Gasteiger partial charge in [-0.2, -0.15) is 0 Å². The molecule has 0 fully saturated rings. The number of hydrogen-bond donors (Lipinski definition) is 2. The van der Waals surface area contributed by atoms with Crippen LogP contribution < -0.4 is 53.9 Å². The Kier molecular flexibility index (Phi) is 25.6. The molecule has 4 amide bonds. The first kappa shape index (κ1) is 68.4. The number of halogens is 1. The molecule has 0 aliphatic carbocycles. The zero-order chi connectivity index (χ0) is 65.4. The van der Waals surface area contributed by atoms with Crippen LogP contribution in [-0.2, 0) is 25.7 Å². The quantitative estimate of drug-likeness (QED) is 0.105. The van der Waals surface area contributed by atoms with Crippen LogP contribution in [0.25, 0.3) is 0 Å². The van der Waals surface area contributed by atoms with Crippen LogP contribution in [0.5, 0.6) is 28.7 Å². The molecule has 2 N–H and O–H groups in total. The van der Waals surface area contributed by atoms with Crippen molar-refractivity contribution in [3.05, 3.63) is 149 Å². The summed E-state index contributed by atoms with van der Waals surface area (Å²) in [5.41, 5.74) is 10.4. The molecule has 0 atom stereocenters. The van der Waals surface area contributed by atoms with Gasteiger partial charge in [-0.05, 0) is 162 Å². The van der Waals surface area contributed by atoms with Crippen LogP contribution in [0, 0.1) is 49.4 Å². The summed E-state index contributed by atoms with van der Waals surface area (Å²) in [6.07, 6.45) is 28.4. The number of terminal acetylenes is 4. The Hall–Kier alpha value is -10.1. The van der Waals surface area contributed by atoms with E-state index in [2.05, 4.69) is 53.9 Å².